The molecule has 5 nitrogen and oxygen atoms in total. The van der Waals surface area contributed by atoms with E-state index >= 15 is 0 Å². The van der Waals surface area contributed by atoms with Gasteiger partial charge in [0.1, 0.15) is 13.2 Å². The summed E-state index contributed by atoms with van der Waals surface area (Å²) in [7, 11) is 0. The Bertz CT molecular complexity index is 485. The first-order valence-corrected chi connectivity index (χ1v) is 6.52. The van der Waals surface area contributed by atoms with Gasteiger partial charge in [-0.3, -0.25) is 0 Å². The molecule has 1 aromatic rings. The van der Waals surface area contributed by atoms with Crippen molar-refractivity contribution in [3.8, 4) is 11.5 Å². The molecule has 1 unspecified atom stereocenters. The van der Waals surface area contributed by atoms with Crippen LogP contribution < -0.4 is 15.2 Å². The average molecular weight is 265 g/mol. The fourth-order valence-electron chi connectivity index (χ4n) is 2.79. The number of hydrogen-bond donors (Lipinski definition) is 2. The summed E-state index contributed by atoms with van der Waals surface area (Å²) < 4.78 is 16.6. The second-order valence-electron chi connectivity index (χ2n) is 5.25. The molecule has 1 aromatic carbocycles. The summed E-state index contributed by atoms with van der Waals surface area (Å²) in [6.07, 6.45) is 0. The molecule has 2 heterocycles. The molecule has 0 aliphatic carbocycles. The molecular weight excluding hydrogens is 246 g/mol. The van der Waals surface area contributed by atoms with Crippen LogP contribution in [0.25, 0.3) is 0 Å². The highest BCUT2D eigenvalue weighted by atomic mass is 16.6. The number of aryl methyl sites for hydroxylation is 1. The number of rotatable bonds is 3. The van der Waals surface area contributed by atoms with Crippen LogP contribution in [0.1, 0.15) is 11.1 Å². The highest BCUT2D eigenvalue weighted by Gasteiger charge is 2.46. The molecule has 2 aliphatic rings. The van der Waals surface area contributed by atoms with Crippen molar-refractivity contribution in [2.45, 2.75) is 18.4 Å². The van der Waals surface area contributed by atoms with Crippen LogP contribution in [-0.2, 0) is 10.2 Å². The number of nitrogens with two attached hydrogens (primary N) is 1. The molecule has 0 saturated carbocycles. The normalized spacial score (nSPS) is 21.6. The van der Waals surface area contributed by atoms with Crippen molar-refractivity contribution in [1.29, 1.82) is 0 Å². The van der Waals surface area contributed by atoms with Crippen LogP contribution in [0.2, 0.25) is 0 Å². The molecule has 1 atom stereocenters. The third kappa shape index (κ3) is 1.89. The van der Waals surface area contributed by atoms with Crippen molar-refractivity contribution in [3.05, 3.63) is 23.3 Å². The van der Waals surface area contributed by atoms with Crippen LogP contribution in [0.15, 0.2) is 12.1 Å². The molecule has 1 saturated heterocycles. The first-order valence-electron chi connectivity index (χ1n) is 6.52. The predicted octanol–water partition coefficient (Wildman–Crippen LogP) is 0.354. The summed E-state index contributed by atoms with van der Waals surface area (Å²) in [6, 6.07) is 3.64. The molecule has 3 N–H and O–H groups in total. The van der Waals surface area contributed by atoms with Gasteiger partial charge in [0.25, 0.3) is 0 Å². The summed E-state index contributed by atoms with van der Waals surface area (Å²) in [5, 5.41) is 9.39. The Morgan fingerprint density at radius 3 is 2.42 bits per heavy atom. The van der Waals surface area contributed by atoms with Crippen molar-refractivity contribution in [2.75, 3.05) is 33.0 Å². The van der Waals surface area contributed by atoms with Crippen LogP contribution >= 0.6 is 0 Å². The van der Waals surface area contributed by atoms with Crippen molar-refractivity contribution in [3.63, 3.8) is 0 Å². The average Bonchev–Trinajstić information content (AvgIpc) is 2.37. The SMILES string of the molecule is Cc1cc2c(cc1C1(C(N)CO)COC1)OCCO2. The third-order valence-electron chi connectivity index (χ3n) is 4.05. The Morgan fingerprint density at radius 1 is 1.26 bits per heavy atom. The van der Waals surface area contributed by atoms with E-state index in [9.17, 15) is 5.11 Å². The summed E-state index contributed by atoms with van der Waals surface area (Å²) >= 11 is 0. The Balaban J connectivity index is 2.04. The summed E-state index contributed by atoms with van der Waals surface area (Å²) in [4.78, 5) is 0. The number of aliphatic hydroxyl groups excluding tert-OH is 1. The smallest absolute Gasteiger partial charge is 0.161 e. The molecule has 2 aliphatic heterocycles. The maximum Gasteiger partial charge on any atom is 0.161 e. The maximum atomic E-state index is 9.39. The molecule has 19 heavy (non-hydrogen) atoms. The molecule has 0 bridgehead atoms. The highest BCUT2D eigenvalue weighted by molar-refractivity contribution is 5.51. The topological polar surface area (TPSA) is 73.9 Å². The van der Waals surface area contributed by atoms with E-state index in [2.05, 4.69) is 0 Å². The van der Waals surface area contributed by atoms with E-state index in [0.717, 1.165) is 22.6 Å². The van der Waals surface area contributed by atoms with Crippen LogP contribution in [0.5, 0.6) is 11.5 Å². The van der Waals surface area contributed by atoms with Crippen LogP contribution in [-0.4, -0.2) is 44.2 Å². The molecule has 0 amide bonds. The van der Waals surface area contributed by atoms with Gasteiger partial charge < -0.3 is 25.1 Å². The second kappa shape index (κ2) is 4.67. The fourth-order valence-corrected chi connectivity index (χ4v) is 2.79. The fraction of sp³-hybridized carbons (Fsp3) is 0.571. The molecule has 0 aromatic heterocycles. The van der Waals surface area contributed by atoms with Crippen molar-refractivity contribution in [1.82, 2.24) is 0 Å². The number of hydrogen-bond acceptors (Lipinski definition) is 5. The third-order valence-corrected chi connectivity index (χ3v) is 4.05. The van der Waals surface area contributed by atoms with Gasteiger partial charge in [0, 0.05) is 6.04 Å². The summed E-state index contributed by atoms with van der Waals surface area (Å²) in [6.45, 7) is 4.18. The molecule has 104 valence electrons. The Kier molecular flexibility index (Phi) is 3.12. The van der Waals surface area contributed by atoms with Gasteiger partial charge in [0.15, 0.2) is 11.5 Å². The first kappa shape index (κ1) is 12.7. The lowest BCUT2D eigenvalue weighted by Gasteiger charge is -2.46. The number of fused-ring (bicyclic) bond motifs is 1. The zero-order chi connectivity index (χ0) is 13.5. The lowest BCUT2D eigenvalue weighted by molar-refractivity contribution is -0.0802. The van der Waals surface area contributed by atoms with Gasteiger partial charge in [-0.05, 0) is 30.2 Å². The number of aliphatic hydroxyl groups is 1. The van der Waals surface area contributed by atoms with Crippen LogP contribution in [0, 0.1) is 6.92 Å². The van der Waals surface area contributed by atoms with E-state index in [-0.39, 0.29) is 18.1 Å². The standard InChI is InChI=1S/C14H19NO4/c1-9-4-11-12(19-3-2-18-11)5-10(9)14(7-17-8-14)13(15)6-16/h4-5,13,16H,2-3,6-8,15H2,1H3. The highest BCUT2D eigenvalue weighted by Crippen LogP contribution is 2.42. The van der Waals surface area contributed by atoms with Gasteiger partial charge in [-0.1, -0.05) is 0 Å². The zero-order valence-electron chi connectivity index (χ0n) is 11.0. The molecule has 0 spiro atoms. The van der Waals surface area contributed by atoms with Crippen LogP contribution in [0.3, 0.4) is 0 Å². The van der Waals surface area contributed by atoms with Gasteiger partial charge >= 0.3 is 0 Å². The van der Waals surface area contributed by atoms with Crippen molar-refractivity contribution >= 4 is 0 Å². The lowest BCUT2D eigenvalue weighted by atomic mass is 9.71. The van der Waals surface area contributed by atoms with E-state index < -0.39 is 0 Å². The Labute approximate surface area is 112 Å². The monoisotopic (exact) mass is 265 g/mol. The van der Waals surface area contributed by atoms with E-state index in [0.29, 0.717) is 26.4 Å². The van der Waals surface area contributed by atoms with Gasteiger partial charge in [0.2, 0.25) is 0 Å². The predicted molar refractivity (Wildman–Crippen MR) is 69.7 cm³/mol. The largest absolute Gasteiger partial charge is 0.486 e. The molecule has 0 radical (unpaired) electrons. The first-order chi connectivity index (χ1) is 9.17. The van der Waals surface area contributed by atoms with E-state index in [1.807, 2.05) is 19.1 Å². The van der Waals surface area contributed by atoms with E-state index in [1.165, 1.54) is 0 Å². The van der Waals surface area contributed by atoms with Gasteiger partial charge in [-0.15, -0.1) is 0 Å². The number of ether oxygens (including phenoxy) is 3. The zero-order valence-corrected chi connectivity index (χ0v) is 11.0. The molecular formula is C14H19NO4. The van der Waals surface area contributed by atoms with Crippen molar-refractivity contribution in [2.24, 2.45) is 5.73 Å². The van der Waals surface area contributed by atoms with Gasteiger partial charge in [-0.25, -0.2) is 0 Å². The van der Waals surface area contributed by atoms with Crippen molar-refractivity contribution < 1.29 is 19.3 Å². The Morgan fingerprint density at radius 2 is 1.89 bits per heavy atom. The quantitative estimate of drug-likeness (QED) is 0.825. The molecule has 3 rings (SSSR count). The molecule has 5 heteroatoms. The van der Waals surface area contributed by atoms with Gasteiger partial charge in [0.05, 0.1) is 25.2 Å². The van der Waals surface area contributed by atoms with Gasteiger partial charge in [-0.2, -0.15) is 0 Å². The minimum absolute atomic E-state index is 0.0583. The molecule has 1 fully saturated rings. The maximum absolute atomic E-state index is 9.39. The number of benzene rings is 1. The lowest BCUT2D eigenvalue weighted by Crippen LogP contribution is -2.60. The second-order valence-corrected chi connectivity index (χ2v) is 5.25. The minimum Gasteiger partial charge on any atom is -0.486 e. The summed E-state index contributed by atoms with van der Waals surface area (Å²) in [5.41, 5.74) is 7.96. The Hall–Kier alpha value is -1.30. The van der Waals surface area contributed by atoms with Crippen LogP contribution in [0.4, 0.5) is 0 Å². The van der Waals surface area contributed by atoms with E-state index in [4.69, 9.17) is 19.9 Å². The minimum atomic E-state index is -0.331. The van der Waals surface area contributed by atoms with E-state index in [1.54, 1.807) is 0 Å². The summed E-state index contributed by atoms with van der Waals surface area (Å²) in [5.74, 6) is 1.53.